The van der Waals surface area contributed by atoms with Gasteiger partial charge in [0.25, 0.3) is 0 Å². The van der Waals surface area contributed by atoms with Crippen LogP contribution < -0.4 is 0 Å². The zero-order chi connectivity index (χ0) is 17.3. The van der Waals surface area contributed by atoms with Crippen molar-refractivity contribution in [2.24, 2.45) is 4.99 Å². The Bertz CT molecular complexity index is 784. The average Bonchev–Trinajstić information content (AvgIpc) is 2.93. The van der Waals surface area contributed by atoms with Crippen LogP contribution in [0, 0.1) is 0 Å². The van der Waals surface area contributed by atoms with Gasteiger partial charge in [-0.25, -0.2) is 0 Å². The molecule has 1 unspecified atom stereocenters. The molecule has 0 saturated carbocycles. The number of aliphatic hydroxyl groups is 1. The maximum atomic E-state index is 11.8. The Balaban J connectivity index is 1.79. The molecular formula is C22H26N2O. The smallest absolute Gasteiger partial charge is 0.193 e. The summed E-state index contributed by atoms with van der Waals surface area (Å²) in [6, 6.07) is 16.5. The predicted octanol–water partition coefficient (Wildman–Crippen LogP) is 4.08. The van der Waals surface area contributed by atoms with E-state index in [4.69, 9.17) is 4.99 Å². The van der Waals surface area contributed by atoms with Gasteiger partial charge in [-0.1, -0.05) is 62.2 Å². The SMILES string of the molecule is CCCCCc1ccc2c(c1)C1=NCCCN1C2(O)c1ccccc1. The van der Waals surface area contributed by atoms with Crippen molar-refractivity contribution in [1.29, 1.82) is 0 Å². The highest BCUT2D eigenvalue weighted by molar-refractivity contribution is 6.04. The Morgan fingerprint density at radius 2 is 1.96 bits per heavy atom. The van der Waals surface area contributed by atoms with Crippen molar-refractivity contribution in [2.45, 2.75) is 44.8 Å². The molecule has 2 aromatic carbocycles. The van der Waals surface area contributed by atoms with E-state index in [2.05, 4.69) is 30.0 Å². The second-order valence-electron chi connectivity index (χ2n) is 7.09. The molecule has 0 aromatic heterocycles. The van der Waals surface area contributed by atoms with Crippen LogP contribution in [0.25, 0.3) is 0 Å². The maximum Gasteiger partial charge on any atom is 0.193 e. The molecule has 0 radical (unpaired) electrons. The van der Waals surface area contributed by atoms with Gasteiger partial charge in [0, 0.05) is 29.8 Å². The number of amidine groups is 1. The van der Waals surface area contributed by atoms with E-state index in [9.17, 15) is 5.11 Å². The first-order valence-electron chi connectivity index (χ1n) is 9.49. The van der Waals surface area contributed by atoms with Crippen LogP contribution in [0.15, 0.2) is 53.5 Å². The molecule has 1 atom stereocenters. The lowest BCUT2D eigenvalue weighted by molar-refractivity contribution is -0.0317. The molecule has 0 amide bonds. The number of aliphatic imine (C=N–C) groups is 1. The highest BCUT2D eigenvalue weighted by Crippen LogP contribution is 2.43. The van der Waals surface area contributed by atoms with Gasteiger partial charge in [-0.2, -0.15) is 0 Å². The summed E-state index contributed by atoms with van der Waals surface area (Å²) in [6.07, 6.45) is 5.79. The van der Waals surface area contributed by atoms with E-state index in [0.29, 0.717) is 0 Å². The molecule has 2 aromatic rings. The first-order valence-corrected chi connectivity index (χ1v) is 9.49. The number of aryl methyl sites for hydroxylation is 1. The number of hydrogen-bond donors (Lipinski definition) is 1. The lowest BCUT2D eigenvalue weighted by atomic mass is 9.92. The van der Waals surface area contributed by atoms with E-state index in [1.165, 1.54) is 24.8 Å². The molecule has 1 N–H and O–H groups in total. The standard InChI is InChI=1S/C22H26N2O/c1-2-3-5-9-17-12-13-20-19(16-17)21-23-14-8-15-24(21)22(20,25)18-10-6-4-7-11-18/h4,6-7,10-13,16,25H,2-3,5,8-9,14-15H2,1H3. The van der Waals surface area contributed by atoms with Crippen molar-refractivity contribution < 1.29 is 5.11 Å². The van der Waals surface area contributed by atoms with E-state index in [0.717, 1.165) is 48.5 Å². The Morgan fingerprint density at radius 3 is 2.76 bits per heavy atom. The van der Waals surface area contributed by atoms with Gasteiger partial charge in [-0.05, 0) is 30.9 Å². The van der Waals surface area contributed by atoms with E-state index < -0.39 is 5.72 Å². The third-order valence-electron chi connectivity index (χ3n) is 5.39. The third kappa shape index (κ3) is 2.67. The fourth-order valence-corrected chi connectivity index (χ4v) is 4.09. The molecule has 0 saturated heterocycles. The second-order valence-corrected chi connectivity index (χ2v) is 7.09. The van der Waals surface area contributed by atoms with Crippen molar-refractivity contribution in [2.75, 3.05) is 13.1 Å². The second kappa shape index (κ2) is 6.64. The molecule has 0 aliphatic carbocycles. The largest absolute Gasteiger partial charge is 0.363 e. The maximum absolute atomic E-state index is 11.8. The highest BCUT2D eigenvalue weighted by Gasteiger charge is 2.48. The summed E-state index contributed by atoms with van der Waals surface area (Å²) >= 11 is 0. The minimum atomic E-state index is -1.10. The zero-order valence-electron chi connectivity index (χ0n) is 14.9. The van der Waals surface area contributed by atoms with Crippen molar-refractivity contribution in [3.8, 4) is 0 Å². The molecule has 0 spiro atoms. The first-order chi connectivity index (χ1) is 12.2. The van der Waals surface area contributed by atoms with Crippen LogP contribution in [0.5, 0.6) is 0 Å². The Morgan fingerprint density at radius 1 is 1.12 bits per heavy atom. The minimum absolute atomic E-state index is 0.837. The van der Waals surface area contributed by atoms with Crippen molar-refractivity contribution in [1.82, 2.24) is 4.90 Å². The molecule has 2 aliphatic rings. The van der Waals surface area contributed by atoms with Gasteiger partial charge in [0.1, 0.15) is 5.84 Å². The summed E-state index contributed by atoms with van der Waals surface area (Å²) < 4.78 is 0. The van der Waals surface area contributed by atoms with Gasteiger partial charge in [0.2, 0.25) is 0 Å². The molecule has 4 rings (SSSR count). The van der Waals surface area contributed by atoms with E-state index in [1.54, 1.807) is 0 Å². The molecule has 2 heterocycles. The third-order valence-corrected chi connectivity index (χ3v) is 5.39. The monoisotopic (exact) mass is 334 g/mol. The number of unbranched alkanes of at least 4 members (excludes halogenated alkanes) is 2. The molecule has 0 fully saturated rings. The van der Waals surface area contributed by atoms with Crippen molar-refractivity contribution in [3.05, 3.63) is 70.8 Å². The molecule has 130 valence electrons. The first kappa shape index (κ1) is 16.3. The van der Waals surface area contributed by atoms with Gasteiger partial charge < -0.3 is 10.0 Å². The number of benzene rings is 2. The summed E-state index contributed by atoms with van der Waals surface area (Å²) in [5, 5.41) is 11.8. The number of nitrogens with zero attached hydrogens (tertiary/aromatic N) is 2. The van der Waals surface area contributed by atoms with E-state index in [1.807, 2.05) is 30.3 Å². The van der Waals surface area contributed by atoms with Gasteiger partial charge in [0.05, 0.1) is 0 Å². The molecule has 2 aliphatic heterocycles. The topological polar surface area (TPSA) is 35.8 Å². The molecule has 3 heteroatoms. The van der Waals surface area contributed by atoms with Gasteiger partial charge in [0.15, 0.2) is 5.72 Å². The summed E-state index contributed by atoms with van der Waals surface area (Å²) in [7, 11) is 0. The van der Waals surface area contributed by atoms with Crippen LogP contribution in [0.1, 0.15) is 54.9 Å². The van der Waals surface area contributed by atoms with Gasteiger partial charge >= 0.3 is 0 Å². The Labute approximate surface area is 150 Å². The number of fused-ring (bicyclic) bond motifs is 3. The molecule has 0 bridgehead atoms. The normalized spacial score (nSPS) is 21.7. The van der Waals surface area contributed by atoms with Crippen LogP contribution in [-0.4, -0.2) is 28.9 Å². The van der Waals surface area contributed by atoms with E-state index >= 15 is 0 Å². The van der Waals surface area contributed by atoms with Crippen LogP contribution in [0.4, 0.5) is 0 Å². The Hall–Kier alpha value is -2.13. The van der Waals surface area contributed by atoms with Crippen LogP contribution in [-0.2, 0) is 12.1 Å². The van der Waals surface area contributed by atoms with Crippen molar-refractivity contribution >= 4 is 5.84 Å². The minimum Gasteiger partial charge on any atom is -0.363 e. The molecule has 3 nitrogen and oxygen atoms in total. The lowest BCUT2D eigenvalue weighted by Gasteiger charge is -2.37. The lowest BCUT2D eigenvalue weighted by Crippen LogP contribution is -2.47. The summed E-state index contributed by atoms with van der Waals surface area (Å²) in [4.78, 5) is 6.86. The average molecular weight is 334 g/mol. The molecule has 25 heavy (non-hydrogen) atoms. The number of hydrogen-bond acceptors (Lipinski definition) is 3. The quantitative estimate of drug-likeness (QED) is 0.837. The summed E-state index contributed by atoms with van der Waals surface area (Å²) in [5.41, 5.74) is 3.25. The summed E-state index contributed by atoms with van der Waals surface area (Å²) in [6.45, 7) is 3.91. The van der Waals surface area contributed by atoms with Crippen LogP contribution >= 0.6 is 0 Å². The highest BCUT2D eigenvalue weighted by atomic mass is 16.3. The molecular weight excluding hydrogens is 308 g/mol. The number of rotatable bonds is 5. The summed E-state index contributed by atoms with van der Waals surface area (Å²) in [5.74, 6) is 0.963. The van der Waals surface area contributed by atoms with Gasteiger partial charge in [-0.3, -0.25) is 4.99 Å². The van der Waals surface area contributed by atoms with Crippen molar-refractivity contribution in [3.63, 3.8) is 0 Å². The zero-order valence-corrected chi connectivity index (χ0v) is 14.9. The van der Waals surface area contributed by atoms with Crippen LogP contribution in [0.2, 0.25) is 0 Å². The Kier molecular flexibility index (Phi) is 4.34. The fourth-order valence-electron chi connectivity index (χ4n) is 4.09. The van der Waals surface area contributed by atoms with E-state index in [-0.39, 0.29) is 0 Å². The van der Waals surface area contributed by atoms with Crippen LogP contribution in [0.3, 0.4) is 0 Å². The predicted molar refractivity (Wildman–Crippen MR) is 102 cm³/mol. The fraction of sp³-hybridized carbons (Fsp3) is 0.409. The van der Waals surface area contributed by atoms with Gasteiger partial charge in [-0.15, -0.1) is 0 Å².